The second-order valence-corrected chi connectivity index (χ2v) is 5.23. The lowest BCUT2D eigenvalue weighted by molar-refractivity contribution is -0.138. The van der Waals surface area contributed by atoms with E-state index in [0.717, 1.165) is 26.3 Å². The van der Waals surface area contributed by atoms with Crippen molar-refractivity contribution >= 4 is 5.91 Å². The molecular formula is C12H20F2N2O. The molecule has 17 heavy (non-hydrogen) atoms. The topological polar surface area (TPSA) is 32.3 Å². The van der Waals surface area contributed by atoms with Gasteiger partial charge >= 0.3 is 0 Å². The van der Waals surface area contributed by atoms with Gasteiger partial charge in [-0.2, -0.15) is 0 Å². The van der Waals surface area contributed by atoms with E-state index >= 15 is 0 Å². The Hall–Kier alpha value is -0.710. The summed E-state index contributed by atoms with van der Waals surface area (Å²) in [5.41, 5.74) is 0. The smallest absolute Gasteiger partial charge is 0.249 e. The largest absolute Gasteiger partial charge is 0.341 e. The minimum atomic E-state index is -2.68. The monoisotopic (exact) mass is 246 g/mol. The number of amides is 1. The Morgan fingerprint density at radius 3 is 2.71 bits per heavy atom. The van der Waals surface area contributed by atoms with E-state index in [1.165, 1.54) is 0 Å². The molecule has 1 amide bonds. The number of likely N-dealkylation sites (tertiary alicyclic amines) is 1. The van der Waals surface area contributed by atoms with E-state index < -0.39 is 11.8 Å². The summed E-state index contributed by atoms with van der Waals surface area (Å²) in [6.07, 6.45) is 3.04. The van der Waals surface area contributed by atoms with Gasteiger partial charge in [0.05, 0.1) is 6.04 Å². The van der Waals surface area contributed by atoms with Crippen molar-refractivity contribution in [3.8, 4) is 0 Å². The van der Waals surface area contributed by atoms with E-state index in [4.69, 9.17) is 0 Å². The second kappa shape index (κ2) is 4.88. The van der Waals surface area contributed by atoms with Gasteiger partial charge < -0.3 is 10.2 Å². The van der Waals surface area contributed by atoms with Crippen molar-refractivity contribution in [1.29, 1.82) is 0 Å². The predicted molar refractivity (Wildman–Crippen MR) is 60.9 cm³/mol. The van der Waals surface area contributed by atoms with Crippen LogP contribution in [0.4, 0.5) is 8.78 Å². The molecule has 5 heteroatoms. The second-order valence-electron chi connectivity index (χ2n) is 5.23. The van der Waals surface area contributed by atoms with Crippen LogP contribution in [0.1, 0.15) is 32.6 Å². The summed E-state index contributed by atoms with van der Waals surface area (Å²) < 4.78 is 26.5. The number of rotatable bonds is 2. The summed E-state index contributed by atoms with van der Waals surface area (Å²) in [6, 6.07) is -0.140. The minimum Gasteiger partial charge on any atom is -0.341 e. The van der Waals surface area contributed by atoms with E-state index in [9.17, 15) is 13.6 Å². The van der Waals surface area contributed by atoms with Gasteiger partial charge in [-0.25, -0.2) is 8.78 Å². The maximum atomic E-state index is 13.3. The van der Waals surface area contributed by atoms with E-state index in [2.05, 4.69) is 5.32 Å². The van der Waals surface area contributed by atoms with Crippen LogP contribution in [0.5, 0.6) is 0 Å². The quantitative estimate of drug-likeness (QED) is 0.803. The van der Waals surface area contributed by atoms with Gasteiger partial charge in [0.2, 0.25) is 11.8 Å². The molecule has 2 heterocycles. The molecule has 2 saturated heterocycles. The normalized spacial score (nSPS) is 30.6. The number of carbonyl (C=O) groups is 1. The first-order valence-electron chi connectivity index (χ1n) is 6.38. The fourth-order valence-electron chi connectivity index (χ4n) is 2.71. The summed E-state index contributed by atoms with van der Waals surface area (Å²) in [6.45, 7) is 2.65. The van der Waals surface area contributed by atoms with Crippen LogP contribution in [0, 0.1) is 5.92 Å². The molecular weight excluding hydrogens is 226 g/mol. The molecule has 2 rings (SSSR count). The van der Waals surface area contributed by atoms with Crippen molar-refractivity contribution in [2.75, 3.05) is 19.6 Å². The molecule has 3 nitrogen and oxygen atoms in total. The number of carbonyl (C=O) groups excluding carboxylic acids is 1. The molecule has 2 atom stereocenters. The molecule has 1 N–H and O–H groups in total. The van der Waals surface area contributed by atoms with Crippen molar-refractivity contribution in [2.45, 2.75) is 44.6 Å². The maximum Gasteiger partial charge on any atom is 0.249 e. The summed E-state index contributed by atoms with van der Waals surface area (Å²) in [5, 5.41) is 3.13. The Morgan fingerprint density at radius 2 is 2.12 bits per heavy atom. The third kappa shape index (κ3) is 2.94. The highest BCUT2D eigenvalue weighted by Gasteiger charge is 2.39. The molecule has 0 saturated carbocycles. The van der Waals surface area contributed by atoms with Crippen molar-refractivity contribution in [3.05, 3.63) is 0 Å². The molecule has 0 aromatic carbocycles. The third-order valence-corrected chi connectivity index (χ3v) is 3.81. The van der Waals surface area contributed by atoms with E-state index in [-0.39, 0.29) is 18.5 Å². The number of alkyl halides is 2. The van der Waals surface area contributed by atoms with Crippen LogP contribution < -0.4 is 5.32 Å². The van der Waals surface area contributed by atoms with Crippen molar-refractivity contribution in [1.82, 2.24) is 10.2 Å². The van der Waals surface area contributed by atoms with Gasteiger partial charge in [0.1, 0.15) is 0 Å². The van der Waals surface area contributed by atoms with Gasteiger partial charge in [-0.1, -0.05) is 0 Å². The molecule has 0 radical (unpaired) electrons. The molecule has 98 valence electrons. The molecule has 0 unspecified atom stereocenters. The van der Waals surface area contributed by atoms with Gasteiger partial charge in [-0.15, -0.1) is 0 Å². The van der Waals surface area contributed by atoms with Crippen LogP contribution in [0.15, 0.2) is 0 Å². The lowest BCUT2D eigenvalue weighted by Crippen LogP contribution is -2.50. The van der Waals surface area contributed by atoms with Crippen LogP contribution in [0.2, 0.25) is 0 Å². The number of halogens is 2. The molecule has 0 aliphatic carbocycles. The highest BCUT2D eigenvalue weighted by molar-refractivity contribution is 5.82. The Kier molecular flexibility index (Phi) is 3.66. The fourth-order valence-corrected chi connectivity index (χ4v) is 2.71. The van der Waals surface area contributed by atoms with E-state index in [1.54, 1.807) is 4.90 Å². The fraction of sp³-hybridized carbons (Fsp3) is 0.917. The van der Waals surface area contributed by atoms with Crippen LogP contribution in [0.25, 0.3) is 0 Å². The summed E-state index contributed by atoms with van der Waals surface area (Å²) in [5.74, 6) is -3.35. The summed E-state index contributed by atoms with van der Waals surface area (Å²) in [4.78, 5) is 13.7. The van der Waals surface area contributed by atoms with Gasteiger partial charge in [-0.05, 0) is 39.2 Å². The molecule has 0 spiro atoms. The predicted octanol–water partition coefficient (Wildman–Crippen LogP) is 1.63. The molecule has 2 aliphatic rings. The molecule has 0 bridgehead atoms. The van der Waals surface area contributed by atoms with Gasteiger partial charge in [0.25, 0.3) is 0 Å². The SMILES string of the molecule is CC(F)(F)[C@H]1CCCN(C(=O)[C@H]2CCCN2)C1. The maximum absolute atomic E-state index is 13.3. The first-order chi connectivity index (χ1) is 7.98. The molecule has 0 aromatic heterocycles. The standard InChI is InChI=1S/C12H20F2N2O/c1-12(13,14)9-4-3-7-16(8-9)11(17)10-5-2-6-15-10/h9-10,15H,2-8H2,1H3/t9-,10+/m0/s1. The number of piperidine rings is 1. The minimum absolute atomic E-state index is 0.0106. The number of nitrogens with zero attached hydrogens (tertiary/aromatic N) is 1. The van der Waals surface area contributed by atoms with Crippen LogP contribution >= 0.6 is 0 Å². The Labute approximate surface area is 101 Å². The van der Waals surface area contributed by atoms with Gasteiger partial charge in [0, 0.05) is 19.0 Å². The zero-order valence-corrected chi connectivity index (χ0v) is 10.2. The zero-order valence-electron chi connectivity index (χ0n) is 10.2. The lowest BCUT2D eigenvalue weighted by atomic mass is 9.92. The highest BCUT2D eigenvalue weighted by atomic mass is 19.3. The van der Waals surface area contributed by atoms with Crippen LogP contribution in [-0.4, -0.2) is 42.4 Å². The van der Waals surface area contributed by atoms with Crippen LogP contribution in [0.3, 0.4) is 0 Å². The summed E-state index contributed by atoms with van der Waals surface area (Å²) in [7, 11) is 0. The first kappa shape index (κ1) is 12.7. The van der Waals surface area contributed by atoms with Gasteiger partial charge in [-0.3, -0.25) is 4.79 Å². The van der Waals surface area contributed by atoms with Crippen molar-refractivity contribution < 1.29 is 13.6 Å². The van der Waals surface area contributed by atoms with Crippen molar-refractivity contribution in [2.24, 2.45) is 5.92 Å². The van der Waals surface area contributed by atoms with E-state index in [1.807, 2.05) is 0 Å². The third-order valence-electron chi connectivity index (χ3n) is 3.81. The Balaban J connectivity index is 1.94. The first-order valence-corrected chi connectivity index (χ1v) is 6.38. The average Bonchev–Trinajstić information content (AvgIpc) is 2.80. The zero-order chi connectivity index (χ0) is 12.5. The number of nitrogens with one attached hydrogen (secondary N) is 1. The van der Waals surface area contributed by atoms with Gasteiger partial charge in [0.15, 0.2) is 0 Å². The Bertz CT molecular complexity index is 285. The highest BCUT2D eigenvalue weighted by Crippen LogP contribution is 2.31. The lowest BCUT2D eigenvalue weighted by Gasteiger charge is -2.36. The number of hydrogen-bond donors (Lipinski definition) is 1. The van der Waals surface area contributed by atoms with E-state index in [0.29, 0.717) is 19.4 Å². The molecule has 0 aromatic rings. The molecule has 2 fully saturated rings. The molecule has 2 aliphatic heterocycles. The van der Waals surface area contributed by atoms with Crippen molar-refractivity contribution in [3.63, 3.8) is 0 Å². The Morgan fingerprint density at radius 1 is 1.35 bits per heavy atom. The number of hydrogen-bond acceptors (Lipinski definition) is 2. The summed E-state index contributed by atoms with van der Waals surface area (Å²) >= 11 is 0. The van der Waals surface area contributed by atoms with Crippen LogP contribution in [-0.2, 0) is 4.79 Å². The average molecular weight is 246 g/mol.